The lowest BCUT2D eigenvalue weighted by Crippen LogP contribution is -2.46. The van der Waals surface area contributed by atoms with Crippen LogP contribution >= 0.6 is 15.9 Å². The van der Waals surface area contributed by atoms with Gasteiger partial charge in [-0.1, -0.05) is 13.0 Å². The summed E-state index contributed by atoms with van der Waals surface area (Å²) in [4.78, 5) is 55.0. The zero-order valence-corrected chi connectivity index (χ0v) is 25.7. The average molecular weight is 632 g/mol. The monoisotopic (exact) mass is 630 g/mol. The molecule has 1 aromatic carbocycles. The number of hydrogen-bond acceptors (Lipinski definition) is 7. The molecule has 1 aliphatic carbocycles. The van der Waals surface area contributed by atoms with Crippen molar-refractivity contribution in [1.82, 2.24) is 24.4 Å². The van der Waals surface area contributed by atoms with E-state index in [-0.39, 0.29) is 35.6 Å². The van der Waals surface area contributed by atoms with Crippen molar-refractivity contribution in [3.63, 3.8) is 0 Å². The molecule has 10 nitrogen and oxygen atoms in total. The molecule has 2 aliphatic rings. The van der Waals surface area contributed by atoms with Crippen LogP contribution in [0.2, 0.25) is 0 Å². The van der Waals surface area contributed by atoms with Crippen LogP contribution in [0.3, 0.4) is 0 Å². The van der Waals surface area contributed by atoms with Crippen LogP contribution in [0.5, 0.6) is 5.75 Å². The molecule has 4 heterocycles. The number of ketones is 1. The third-order valence-electron chi connectivity index (χ3n) is 8.49. The lowest BCUT2D eigenvalue weighted by Gasteiger charge is -2.27. The molecule has 42 heavy (non-hydrogen) atoms. The normalized spacial score (nSPS) is 20.9. The molecule has 1 saturated heterocycles. The molecule has 0 spiro atoms. The fraction of sp³-hybridized carbons (Fsp3) is 0.355. The van der Waals surface area contributed by atoms with Gasteiger partial charge in [-0.15, -0.1) is 0 Å². The summed E-state index contributed by atoms with van der Waals surface area (Å²) in [5.74, 6) is 1.07. The number of likely N-dealkylation sites (tertiary alicyclic amines) is 1. The number of nitrogens with zero attached hydrogens (tertiary/aromatic N) is 5. The van der Waals surface area contributed by atoms with Gasteiger partial charge in [-0.25, -0.2) is 15.0 Å². The van der Waals surface area contributed by atoms with Crippen LogP contribution in [-0.2, 0) is 16.1 Å². The van der Waals surface area contributed by atoms with Crippen LogP contribution in [0.15, 0.2) is 47.5 Å². The molecule has 0 bridgehead atoms. The van der Waals surface area contributed by atoms with Crippen LogP contribution in [-0.4, -0.2) is 61.2 Å². The fourth-order valence-corrected chi connectivity index (χ4v) is 6.40. The minimum absolute atomic E-state index is 0.0125. The number of carbonyl (C=O) groups is 3. The van der Waals surface area contributed by atoms with Crippen LogP contribution in [0, 0.1) is 19.3 Å². The van der Waals surface area contributed by atoms with E-state index in [4.69, 9.17) is 4.74 Å². The van der Waals surface area contributed by atoms with Crippen molar-refractivity contribution in [3.8, 4) is 16.9 Å². The highest BCUT2D eigenvalue weighted by molar-refractivity contribution is 9.10. The standard InChI is InChI=1S/C31H31BrN6O4/c1-16-6-7-26(32)35-29(16)36-30(41)23-10-31(4)11-25(31)38(23)27(40)15-37-14-22(17(2)39)21-8-19(9-24(42-5)28(21)37)20-12-33-18(3)34-13-20/h6-9,12-14,23,25H,10-11,15H2,1-5H3,(H,35,36,41)/t23-,25+,31-/m0/s1. The maximum absolute atomic E-state index is 14.0. The Morgan fingerprint density at radius 2 is 1.86 bits per heavy atom. The summed E-state index contributed by atoms with van der Waals surface area (Å²) in [5, 5.41) is 3.61. The predicted molar refractivity (Wildman–Crippen MR) is 161 cm³/mol. The first-order valence-electron chi connectivity index (χ1n) is 13.7. The number of nitrogens with one attached hydrogen (secondary N) is 1. The molecule has 0 unspecified atom stereocenters. The quantitative estimate of drug-likeness (QED) is 0.223. The van der Waals surface area contributed by atoms with Crippen LogP contribution in [0.1, 0.15) is 48.4 Å². The molecule has 2 amide bonds. The van der Waals surface area contributed by atoms with E-state index in [9.17, 15) is 14.4 Å². The van der Waals surface area contributed by atoms with E-state index in [0.29, 0.717) is 44.9 Å². The molecule has 0 radical (unpaired) electrons. The predicted octanol–water partition coefficient (Wildman–Crippen LogP) is 5.10. The average Bonchev–Trinajstić information content (AvgIpc) is 3.31. The van der Waals surface area contributed by atoms with Gasteiger partial charge >= 0.3 is 0 Å². The number of hydrogen-bond donors (Lipinski definition) is 1. The minimum atomic E-state index is -0.620. The number of aryl methyl sites for hydroxylation is 2. The number of Topliss-reactive ketones (excluding diaryl/α,β-unsaturated/α-hetero) is 1. The third-order valence-corrected chi connectivity index (χ3v) is 8.93. The molecule has 1 aliphatic heterocycles. The number of piperidine rings is 1. The first-order chi connectivity index (χ1) is 20.0. The Balaban J connectivity index is 1.34. The zero-order chi connectivity index (χ0) is 29.9. The van der Waals surface area contributed by atoms with Gasteiger partial charge in [-0.3, -0.25) is 14.4 Å². The summed E-state index contributed by atoms with van der Waals surface area (Å²) in [6.07, 6.45) is 6.60. The van der Waals surface area contributed by atoms with Gasteiger partial charge in [0.25, 0.3) is 0 Å². The Hall–Kier alpha value is -4.12. The second-order valence-corrected chi connectivity index (χ2v) is 12.3. The van der Waals surface area contributed by atoms with E-state index in [1.807, 2.05) is 38.1 Å². The van der Waals surface area contributed by atoms with E-state index in [0.717, 1.165) is 23.1 Å². The van der Waals surface area contributed by atoms with Crippen molar-refractivity contribution >= 4 is 50.2 Å². The summed E-state index contributed by atoms with van der Waals surface area (Å²) >= 11 is 3.36. The number of carbonyl (C=O) groups excluding carboxylic acids is 3. The molecule has 1 saturated carbocycles. The Morgan fingerprint density at radius 3 is 2.55 bits per heavy atom. The van der Waals surface area contributed by atoms with E-state index in [2.05, 4.69) is 43.1 Å². The number of amides is 2. The van der Waals surface area contributed by atoms with Crippen LogP contribution < -0.4 is 10.1 Å². The smallest absolute Gasteiger partial charge is 0.248 e. The Labute approximate surface area is 251 Å². The highest BCUT2D eigenvalue weighted by Crippen LogP contribution is 2.59. The van der Waals surface area contributed by atoms with Gasteiger partial charge in [0.15, 0.2) is 5.78 Å². The highest BCUT2D eigenvalue weighted by Gasteiger charge is 2.64. The second-order valence-electron chi connectivity index (χ2n) is 11.5. The number of halogens is 1. The number of benzene rings is 1. The summed E-state index contributed by atoms with van der Waals surface area (Å²) in [5.41, 5.74) is 3.44. The molecule has 216 valence electrons. The van der Waals surface area contributed by atoms with Gasteiger partial charge in [0.05, 0.1) is 12.6 Å². The maximum Gasteiger partial charge on any atom is 0.248 e. The first-order valence-corrected chi connectivity index (χ1v) is 14.5. The van der Waals surface area contributed by atoms with Gasteiger partial charge in [0, 0.05) is 41.1 Å². The fourth-order valence-electron chi connectivity index (χ4n) is 6.09. The van der Waals surface area contributed by atoms with Crippen molar-refractivity contribution in [2.75, 3.05) is 12.4 Å². The molecular weight excluding hydrogens is 600 g/mol. The van der Waals surface area contributed by atoms with Crippen LogP contribution in [0.25, 0.3) is 22.0 Å². The zero-order valence-electron chi connectivity index (χ0n) is 24.1. The largest absolute Gasteiger partial charge is 0.495 e. The van der Waals surface area contributed by atoms with Crippen molar-refractivity contribution in [2.24, 2.45) is 5.41 Å². The number of fused-ring (bicyclic) bond motifs is 2. The molecule has 2 fully saturated rings. The van der Waals surface area contributed by atoms with E-state index < -0.39 is 6.04 Å². The van der Waals surface area contributed by atoms with Gasteiger partial charge in [-0.2, -0.15) is 0 Å². The lowest BCUT2D eigenvalue weighted by molar-refractivity contribution is -0.138. The van der Waals surface area contributed by atoms with E-state index in [1.165, 1.54) is 6.92 Å². The Morgan fingerprint density at radius 1 is 1.12 bits per heavy atom. The van der Waals surface area contributed by atoms with Crippen molar-refractivity contribution < 1.29 is 19.1 Å². The molecule has 6 rings (SSSR count). The number of pyridine rings is 1. The highest BCUT2D eigenvalue weighted by atomic mass is 79.9. The minimum Gasteiger partial charge on any atom is -0.495 e. The van der Waals surface area contributed by atoms with E-state index >= 15 is 0 Å². The summed E-state index contributed by atoms with van der Waals surface area (Å²) in [7, 11) is 1.56. The Bertz CT molecular complexity index is 1770. The molecule has 11 heteroatoms. The summed E-state index contributed by atoms with van der Waals surface area (Å²) in [6, 6.07) is 6.82. The first kappa shape index (κ1) is 28.0. The second kappa shape index (κ2) is 10.3. The number of aromatic nitrogens is 4. The van der Waals surface area contributed by atoms with Gasteiger partial charge < -0.3 is 19.5 Å². The maximum atomic E-state index is 14.0. The van der Waals surface area contributed by atoms with Gasteiger partial charge in [0.2, 0.25) is 11.8 Å². The van der Waals surface area contributed by atoms with Crippen molar-refractivity contribution in [3.05, 3.63) is 64.4 Å². The van der Waals surface area contributed by atoms with Gasteiger partial charge in [-0.05, 0) is 84.3 Å². The number of anilines is 1. The van der Waals surface area contributed by atoms with Gasteiger partial charge in [0.1, 0.15) is 34.6 Å². The number of methoxy groups -OCH3 is 1. The summed E-state index contributed by atoms with van der Waals surface area (Å²) in [6.45, 7) is 7.27. The van der Waals surface area contributed by atoms with Crippen molar-refractivity contribution in [2.45, 2.75) is 59.2 Å². The number of rotatable bonds is 7. The number of ether oxygens (including phenoxy) is 1. The Kier molecular flexibility index (Phi) is 6.87. The molecular formula is C31H31BrN6O4. The third kappa shape index (κ3) is 4.85. The SMILES string of the molecule is COc1cc(-c2cnc(C)nc2)cc2c(C(C)=O)cn(CC(=O)N3[C@H](C(=O)Nc4nc(Br)ccc4C)C[C@@]4(C)C[C@@H]34)c12. The van der Waals surface area contributed by atoms with Crippen LogP contribution in [0.4, 0.5) is 5.82 Å². The van der Waals surface area contributed by atoms with Crippen molar-refractivity contribution in [1.29, 1.82) is 0 Å². The summed E-state index contributed by atoms with van der Waals surface area (Å²) < 4.78 is 8.15. The van der Waals surface area contributed by atoms with E-state index in [1.54, 1.807) is 35.2 Å². The molecule has 3 aromatic heterocycles. The molecule has 1 N–H and O–H groups in total. The topological polar surface area (TPSA) is 119 Å². The lowest BCUT2D eigenvalue weighted by atomic mass is 10.0. The molecule has 3 atom stereocenters. The molecule has 4 aromatic rings.